The van der Waals surface area contributed by atoms with Crippen LogP contribution in [0.15, 0.2) is 35.1 Å². The van der Waals surface area contributed by atoms with Crippen LogP contribution in [0.5, 0.6) is 34.6 Å². The zero-order valence-electron chi connectivity index (χ0n) is 19.3. The smallest absolute Gasteiger partial charge is 0.231 e. The number of ether oxygens (including phenoxy) is 5. The third-order valence-electron chi connectivity index (χ3n) is 6.00. The Balaban J connectivity index is 1.32. The molecule has 3 heterocycles. The number of fused-ring (bicyclic) bond motifs is 2. The molecule has 0 unspecified atom stereocenters. The Morgan fingerprint density at radius 1 is 1.06 bits per heavy atom. The minimum Gasteiger partial charge on any atom is -0.493 e. The zero-order valence-corrected chi connectivity index (χ0v) is 20.8. The number of hydrogen-bond acceptors (Lipinski definition) is 9. The van der Waals surface area contributed by atoms with Crippen molar-refractivity contribution in [1.82, 2.24) is 19.8 Å². The number of likely N-dealkylation sites (N-methyl/N-ethyl adjacent to an activating group) is 1. The highest BCUT2D eigenvalue weighted by Crippen LogP contribution is 2.47. The summed E-state index contributed by atoms with van der Waals surface area (Å²) in [4.78, 5) is 13.6. The normalized spacial score (nSPS) is 16.1. The summed E-state index contributed by atoms with van der Waals surface area (Å²) in [7, 11) is 3.79. The van der Waals surface area contributed by atoms with E-state index in [0.717, 1.165) is 43.6 Å². The van der Waals surface area contributed by atoms with Crippen molar-refractivity contribution in [2.45, 2.75) is 6.42 Å². The Morgan fingerprint density at radius 3 is 2.74 bits per heavy atom. The molecule has 2 aliphatic rings. The van der Waals surface area contributed by atoms with Crippen LogP contribution in [0.25, 0.3) is 10.9 Å². The summed E-state index contributed by atoms with van der Waals surface area (Å²) in [6, 6.07) is 7.38. The van der Waals surface area contributed by atoms with Gasteiger partial charge in [-0.3, -0.25) is 0 Å². The first-order chi connectivity index (χ1) is 16.6. The monoisotopic (exact) mass is 530 g/mol. The highest BCUT2D eigenvalue weighted by Gasteiger charge is 2.23. The fourth-order valence-corrected chi connectivity index (χ4v) is 4.44. The molecule has 2 aromatic carbocycles. The molecule has 10 heteroatoms. The van der Waals surface area contributed by atoms with Crippen LogP contribution in [0.1, 0.15) is 6.42 Å². The van der Waals surface area contributed by atoms with E-state index in [-0.39, 0.29) is 6.79 Å². The van der Waals surface area contributed by atoms with Gasteiger partial charge in [-0.15, -0.1) is 0 Å². The molecule has 34 heavy (non-hydrogen) atoms. The van der Waals surface area contributed by atoms with Crippen molar-refractivity contribution >= 4 is 26.8 Å². The van der Waals surface area contributed by atoms with E-state index in [2.05, 4.69) is 42.7 Å². The Bertz CT molecular complexity index is 1170. The van der Waals surface area contributed by atoms with E-state index in [1.807, 2.05) is 24.3 Å². The molecule has 1 aromatic heterocycles. The third-order valence-corrected chi connectivity index (χ3v) is 6.63. The van der Waals surface area contributed by atoms with Gasteiger partial charge in [0.1, 0.15) is 6.33 Å². The molecule has 0 spiro atoms. The lowest BCUT2D eigenvalue weighted by Gasteiger charge is -2.32. The average Bonchev–Trinajstić information content (AvgIpc) is 3.33. The molecular weight excluding hydrogens is 504 g/mol. The van der Waals surface area contributed by atoms with Gasteiger partial charge < -0.3 is 33.5 Å². The Hall–Kier alpha value is -2.82. The molecule has 3 aromatic rings. The van der Waals surface area contributed by atoms with Crippen LogP contribution in [0.3, 0.4) is 0 Å². The van der Waals surface area contributed by atoms with E-state index in [4.69, 9.17) is 23.7 Å². The average molecular weight is 531 g/mol. The first-order valence-corrected chi connectivity index (χ1v) is 12.0. The summed E-state index contributed by atoms with van der Waals surface area (Å²) < 4.78 is 29.6. The maximum Gasteiger partial charge on any atom is 0.231 e. The predicted octanol–water partition coefficient (Wildman–Crippen LogP) is 3.94. The molecule has 1 fully saturated rings. The molecule has 0 amide bonds. The van der Waals surface area contributed by atoms with E-state index in [1.54, 1.807) is 7.11 Å². The number of halogens is 1. The predicted molar refractivity (Wildman–Crippen MR) is 130 cm³/mol. The maximum atomic E-state index is 6.17. The van der Waals surface area contributed by atoms with Gasteiger partial charge in [-0.25, -0.2) is 9.97 Å². The van der Waals surface area contributed by atoms with Gasteiger partial charge >= 0.3 is 0 Å². The summed E-state index contributed by atoms with van der Waals surface area (Å²) in [5, 5.41) is 0.701. The molecule has 2 aliphatic heterocycles. The third kappa shape index (κ3) is 4.84. The van der Waals surface area contributed by atoms with Gasteiger partial charge in [-0.2, -0.15) is 0 Å². The van der Waals surface area contributed by atoms with Crippen molar-refractivity contribution in [3.8, 4) is 34.6 Å². The second-order valence-corrected chi connectivity index (χ2v) is 9.11. The fraction of sp³-hybridized carbons (Fsp3) is 0.417. The summed E-state index contributed by atoms with van der Waals surface area (Å²) in [6.45, 7) is 6.21. The summed E-state index contributed by atoms with van der Waals surface area (Å²) in [5.74, 6) is 3.29. The van der Waals surface area contributed by atoms with Crippen molar-refractivity contribution < 1.29 is 23.7 Å². The summed E-state index contributed by atoms with van der Waals surface area (Å²) in [5.41, 5.74) is 0.695. The highest BCUT2D eigenvalue weighted by atomic mass is 79.9. The van der Waals surface area contributed by atoms with E-state index in [0.29, 0.717) is 52.1 Å². The molecule has 180 valence electrons. The lowest BCUT2D eigenvalue weighted by molar-refractivity contribution is 0.145. The van der Waals surface area contributed by atoms with Crippen LogP contribution < -0.4 is 23.7 Å². The van der Waals surface area contributed by atoms with Gasteiger partial charge in [0.05, 0.1) is 29.1 Å². The van der Waals surface area contributed by atoms with Gasteiger partial charge in [0.25, 0.3) is 0 Å². The first kappa shape index (κ1) is 22.9. The standard InChI is InChI=1S/C24H27BrN4O5/c1-28-7-9-29(10-8-28)6-3-11-31-21-13-18-16(12-20(21)30-2)24(27-14-26-18)34-22-17(25)4-5-19-23(22)33-15-32-19/h4-5,12-14H,3,6-11,15H2,1-2H3. The molecule has 0 atom stereocenters. The lowest BCUT2D eigenvalue weighted by atomic mass is 10.2. The number of piperazine rings is 1. The SMILES string of the molecule is COc1cc2c(Oc3c(Br)ccc4c3OCO4)ncnc2cc1OCCCN1CCN(C)CC1. The largest absolute Gasteiger partial charge is 0.493 e. The number of methoxy groups -OCH3 is 1. The molecule has 0 N–H and O–H groups in total. The first-order valence-electron chi connectivity index (χ1n) is 11.2. The van der Waals surface area contributed by atoms with E-state index in [1.165, 1.54) is 6.33 Å². The maximum absolute atomic E-state index is 6.17. The van der Waals surface area contributed by atoms with Gasteiger partial charge in [0.2, 0.25) is 18.4 Å². The van der Waals surface area contributed by atoms with E-state index >= 15 is 0 Å². The fourth-order valence-electron chi connectivity index (χ4n) is 4.05. The molecule has 0 aliphatic carbocycles. The second kappa shape index (κ2) is 10.2. The van der Waals surface area contributed by atoms with Gasteiger partial charge in [0.15, 0.2) is 23.0 Å². The van der Waals surface area contributed by atoms with E-state index < -0.39 is 0 Å². The van der Waals surface area contributed by atoms with Crippen LogP contribution >= 0.6 is 15.9 Å². The summed E-state index contributed by atoms with van der Waals surface area (Å²) >= 11 is 3.52. The highest BCUT2D eigenvalue weighted by molar-refractivity contribution is 9.10. The molecule has 0 radical (unpaired) electrons. The molecule has 0 saturated carbocycles. The van der Waals surface area contributed by atoms with Crippen molar-refractivity contribution in [1.29, 1.82) is 0 Å². The number of aromatic nitrogens is 2. The van der Waals surface area contributed by atoms with Gasteiger partial charge in [0, 0.05) is 38.8 Å². The Labute approximate surface area is 206 Å². The van der Waals surface area contributed by atoms with Gasteiger partial charge in [-0.05, 0) is 47.6 Å². The van der Waals surface area contributed by atoms with Crippen molar-refractivity contribution in [3.05, 3.63) is 35.1 Å². The van der Waals surface area contributed by atoms with Crippen LogP contribution in [0, 0.1) is 0 Å². The molecule has 1 saturated heterocycles. The van der Waals surface area contributed by atoms with E-state index in [9.17, 15) is 0 Å². The molecule has 0 bridgehead atoms. The quantitative estimate of drug-likeness (QED) is 0.402. The van der Waals surface area contributed by atoms with Crippen molar-refractivity contribution in [2.75, 3.05) is 60.3 Å². The number of rotatable bonds is 8. The number of hydrogen-bond donors (Lipinski definition) is 0. The lowest BCUT2D eigenvalue weighted by Crippen LogP contribution is -2.44. The van der Waals surface area contributed by atoms with Crippen LogP contribution in [-0.2, 0) is 0 Å². The topological polar surface area (TPSA) is 78.4 Å². The van der Waals surface area contributed by atoms with Crippen LogP contribution in [0.4, 0.5) is 0 Å². The zero-order chi connectivity index (χ0) is 23.5. The van der Waals surface area contributed by atoms with Crippen molar-refractivity contribution in [2.24, 2.45) is 0 Å². The minimum atomic E-state index is 0.149. The Kier molecular flexibility index (Phi) is 6.89. The van der Waals surface area contributed by atoms with Crippen LogP contribution in [-0.4, -0.2) is 80.0 Å². The molecule has 9 nitrogen and oxygen atoms in total. The van der Waals surface area contributed by atoms with Crippen molar-refractivity contribution in [3.63, 3.8) is 0 Å². The minimum absolute atomic E-state index is 0.149. The second-order valence-electron chi connectivity index (χ2n) is 8.26. The van der Waals surface area contributed by atoms with Gasteiger partial charge in [-0.1, -0.05) is 0 Å². The molecule has 5 rings (SSSR count). The number of nitrogens with zero attached hydrogens (tertiary/aromatic N) is 4. The van der Waals surface area contributed by atoms with Crippen LogP contribution in [0.2, 0.25) is 0 Å². The Morgan fingerprint density at radius 2 is 1.91 bits per heavy atom. The number of benzene rings is 2. The molecular formula is C24H27BrN4O5. The summed E-state index contributed by atoms with van der Waals surface area (Å²) in [6.07, 6.45) is 2.41.